The van der Waals surface area contributed by atoms with Gasteiger partial charge >= 0.3 is 5.97 Å². The van der Waals surface area contributed by atoms with Gasteiger partial charge in [0.15, 0.2) is 0 Å². The maximum absolute atomic E-state index is 12.1. The molecule has 0 radical (unpaired) electrons. The number of thiophene rings is 1. The van der Waals surface area contributed by atoms with Gasteiger partial charge in [0.05, 0.1) is 18.8 Å². The minimum Gasteiger partial charge on any atom is -0.477 e. The highest BCUT2D eigenvalue weighted by Gasteiger charge is 2.15. The standard InChI is InChI=1S/C13H14N2O4S2/c1-7-11(21-10(15-7)6-19-2)12(16)14-5-8-3-4-9(20-8)13(17)18/h3-4H,5-6H2,1-2H3,(H,14,16)(H,17,18). The first-order valence-electron chi connectivity index (χ1n) is 6.06. The van der Waals surface area contributed by atoms with Crippen LogP contribution in [0.2, 0.25) is 0 Å². The Morgan fingerprint density at radius 1 is 1.38 bits per heavy atom. The summed E-state index contributed by atoms with van der Waals surface area (Å²) in [5.74, 6) is -1.17. The Balaban J connectivity index is 1.99. The van der Waals surface area contributed by atoms with Crippen LogP contribution in [0, 0.1) is 6.92 Å². The molecule has 112 valence electrons. The average Bonchev–Trinajstić information content (AvgIpc) is 3.03. The van der Waals surface area contributed by atoms with Crippen molar-refractivity contribution in [2.24, 2.45) is 0 Å². The monoisotopic (exact) mass is 326 g/mol. The first-order valence-corrected chi connectivity index (χ1v) is 7.70. The zero-order valence-electron chi connectivity index (χ0n) is 11.5. The van der Waals surface area contributed by atoms with Crippen molar-refractivity contribution in [2.45, 2.75) is 20.1 Å². The van der Waals surface area contributed by atoms with Crippen molar-refractivity contribution < 1.29 is 19.4 Å². The Kier molecular flexibility index (Phi) is 5.05. The van der Waals surface area contributed by atoms with Crippen molar-refractivity contribution in [1.82, 2.24) is 10.3 Å². The maximum Gasteiger partial charge on any atom is 0.345 e. The number of ether oxygens (including phenoxy) is 1. The van der Waals surface area contributed by atoms with Gasteiger partial charge < -0.3 is 15.2 Å². The minimum absolute atomic E-state index is 0.211. The quantitative estimate of drug-likeness (QED) is 0.850. The van der Waals surface area contributed by atoms with E-state index in [0.29, 0.717) is 23.7 Å². The first kappa shape index (κ1) is 15.6. The fraction of sp³-hybridized carbons (Fsp3) is 0.308. The third-order valence-corrected chi connectivity index (χ3v) is 4.81. The number of aromatic carboxylic acids is 1. The van der Waals surface area contributed by atoms with Crippen molar-refractivity contribution in [3.63, 3.8) is 0 Å². The van der Waals surface area contributed by atoms with E-state index in [1.54, 1.807) is 20.1 Å². The van der Waals surface area contributed by atoms with E-state index in [2.05, 4.69) is 10.3 Å². The fourth-order valence-electron chi connectivity index (χ4n) is 1.68. The lowest BCUT2D eigenvalue weighted by molar-refractivity contribution is 0.0702. The van der Waals surface area contributed by atoms with Crippen molar-refractivity contribution in [3.8, 4) is 0 Å². The number of carboxylic acid groups (broad SMARTS) is 1. The average molecular weight is 326 g/mol. The Bertz CT molecular complexity index is 663. The van der Waals surface area contributed by atoms with Crippen molar-refractivity contribution in [3.05, 3.63) is 37.5 Å². The van der Waals surface area contributed by atoms with Gasteiger partial charge in [-0.05, 0) is 19.1 Å². The lowest BCUT2D eigenvalue weighted by Crippen LogP contribution is -2.22. The molecule has 0 aliphatic carbocycles. The summed E-state index contributed by atoms with van der Waals surface area (Å²) in [5, 5.41) is 12.4. The molecule has 0 unspecified atom stereocenters. The van der Waals surface area contributed by atoms with Gasteiger partial charge in [0.2, 0.25) is 0 Å². The second-order valence-corrected chi connectivity index (χ2v) is 6.46. The summed E-state index contributed by atoms with van der Waals surface area (Å²) in [4.78, 5) is 28.8. The van der Waals surface area contributed by atoms with Gasteiger partial charge in [0.1, 0.15) is 14.8 Å². The predicted octanol–water partition coefficient (Wildman–Crippen LogP) is 2.29. The Hall–Kier alpha value is -1.77. The van der Waals surface area contributed by atoms with Gasteiger partial charge in [-0.25, -0.2) is 9.78 Å². The summed E-state index contributed by atoms with van der Waals surface area (Å²) in [7, 11) is 1.58. The number of hydrogen-bond donors (Lipinski definition) is 2. The van der Waals surface area contributed by atoms with Crippen LogP contribution in [0.5, 0.6) is 0 Å². The Labute approximate surface area is 129 Å². The normalized spacial score (nSPS) is 10.6. The molecule has 2 rings (SSSR count). The first-order chi connectivity index (χ1) is 10.0. The number of methoxy groups -OCH3 is 1. The summed E-state index contributed by atoms with van der Waals surface area (Å²) in [6.07, 6.45) is 0. The smallest absolute Gasteiger partial charge is 0.345 e. The van der Waals surface area contributed by atoms with Crippen LogP contribution in [0.1, 0.15) is 34.9 Å². The molecule has 0 fully saturated rings. The maximum atomic E-state index is 12.1. The topological polar surface area (TPSA) is 88.5 Å². The molecule has 8 heteroatoms. The zero-order chi connectivity index (χ0) is 15.4. The molecule has 0 aliphatic heterocycles. The molecule has 0 atom stereocenters. The molecule has 0 aromatic carbocycles. The fourth-order valence-corrected chi connectivity index (χ4v) is 3.42. The van der Waals surface area contributed by atoms with E-state index < -0.39 is 5.97 Å². The van der Waals surface area contributed by atoms with Gasteiger partial charge in [-0.2, -0.15) is 0 Å². The number of hydrogen-bond acceptors (Lipinski definition) is 6. The number of carboxylic acids is 1. The molecule has 21 heavy (non-hydrogen) atoms. The van der Waals surface area contributed by atoms with E-state index >= 15 is 0 Å². The molecule has 0 bridgehead atoms. The molecule has 1 amide bonds. The van der Waals surface area contributed by atoms with E-state index in [1.165, 1.54) is 17.4 Å². The molecule has 2 N–H and O–H groups in total. The highest BCUT2D eigenvalue weighted by molar-refractivity contribution is 7.14. The zero-order valence-corrected chi connectivity index (χ0v) is 13.1. The Morgan fingerprint density at radius 2 is 2.14 bits per heavy atom. The van der Waals surface area contributed by atoms with Crippen LogP contribution in [0.15, 0.2) is 12.1 Å². The highest BCUT2D eigenvalue weighted by atomic mass is 32.1. The van der Waals surface area contributed by atoms with Crippen LogP contribution in [-0.2, 0) is 17.9 Å². The third kappa shape index (κ3) is 3.87. The summed E-state index contributed by atoms with van der Waals surface area (Å²) in [6.45, 7) is 2.46. The third-order valence-electron chi connectivity index (χ3n) is 2.61. The summed E-state index contributed by atoms with van der Waals surface area (Å²) in [5.41, 5.74) is 0.668. The largest absolute Gasteiger partial charge is 0.477 e. The van der Waals surface area contributed by atoms with Crippen molar-refractivity contribution in [1.29, 1.82) is 0 Å². The Morgan fingerprint density at radius 3 is 2.76 bits per heavy atom. The minimum atomic E-state index is -0.958. The van der Waals surface area contributed by atoms with Crippen molar-refractivity contribution in [2.75, 3.05) is 7.11 Å². The van der Waals surface area contributed by atoms with E-state index in [1.807, 2.05) is 0 Å². The lowest BCUT2D eigenvalue weighted by Gasteiger charge is -2.01. The molecule has 2 aromatic rings. The SMILES string of the molecule is COCc1nc(C)c(C(=O)NCc2ccc(C(=O)O)s2)s1. The van der Waals surface area contributed by atoms with Gasteiger partial charge in [0, 0.05) is 12.0 Å². The second-order valence-electron chi connectivity index (χ2n) is 4.21. The summed E-state index contributed by atoms with van der Waals surface area (Å²) in [6, 6.07) is 3.23. The molecule has 0 saturated heterocycles. The molecule has 6 nitrogen and oxygen atoms in total. The van der Waals surface area contributed by atoms with Gasteiger partial charge in [0.25, 0.3) is 5.91 Å². The van der Waals surface area contributed by atoms with Gasteiger partial charge in [-0.3, -0.25) is 4.79 Å². The van der Waals surface area contributed by atoms with E-state index in [9.17, 15) is 9.59 Å². The van der Waals surface area contributed by atoms with Crippen LogP contribution in [0.3, 0.4) is 0 Å². The molecule has 2 aromatic heterocycles. The number of thiazole rings is 1. The molecule has 2 heterocycles. The van der Waals surface area contributed by atoms with E-state index in [0.717, 1.165) is 21.2 Å². The number of amides is 1. The van der Waals surface area contributed by atoms with Crippen LogP contribution < -0.4 is 5.32 Å². The van der Waals surface area contributed by atoms with Gasteiger partial charge in [-0.15, -0.1) is 22.7 Å². The number of aromatic nitrogens is 1. The van der Waals surface area contributed by atoms with Crippen molar-refractivity contribution >= 4 is 34.6 Å². The van der Waals surface area contributed by atoms with Gasteiger partial charge in [-0.1, -0.05) is 0 Å². The summed E-state index contributed by atoms with van der Waals surface area (Å²) >= 11 is 2.45. The molecular weight excluding hydrogens is 312 g/mol. The molecule has 0 aliphatic rings. The van der Waals surface area contributed by atoms with Crippen LogP contribution >= 0.6 is 22.7 Å². The van der Waals surface area contributed by atoms with Crippen LogP contribution in [0.4, 0.5) is 0 Å². The molecule has 0 saturated carbocycles. The predicted molar refractivity (Wildman–Crippen MR) is 80.0 cm³/mol. The van der Waals surface area contributed by atoms with Crippen LogP contribution in [0.25, 0.3) is 0 Å². The van der Waals surface area contributed by atoms with E-state index in [4.69, 9.17) is 9.84 Å². The number of carbonyl (C=O) groups is 2. The number of nitrogens with one attached hydrogen (secondary N) is 1. The van der Waals surface area contributed by atoms with Crippen LogP contribution in [-0.4, -0.2) is 29.1 Å². The summed E-state index contributed by atoms with van der Waals surface area (Å²) < 4.78 is 4.99. The second kappa shape index (κ2) is 6.79. The van der Waals surface area contributed by atoms with E-state index in [-0.39, 0.29) is 10.8 Å². The molecule has 0 spiro atoms. The number of aryl methyl sites for hydroxylation is 1. The highest BCUT2D eigenvalue weighted by Crippen LogP contribution is 2.20. The number of carbonyl (C=O) groups excluding carboxylic acids is 1. The lowest BCUT2D eigenvalue weighted by atomic mass is 10.3. The number of nitrogens with zero attached hydrogens (tertiary/aromatic N) is 1. The number of rotatable bonds is 6. The molecular formula is C13H14N2O4S2.